The zero-order valence-electron chi connectivity index (χ0n) is 18.3. The molecule has 0 saturated carbocycles. The molecule has 8 heteroatoms. The molecule has 2 aromatic carbocycles. The van der Waals surface area contributed by atoms with Crippen molar-refractivity contribution in [3.63, 3.8) is 0 Å². The SMILES string of the molecule is COc1ccc(N2CCN(C(=O)c3ccc4c(c3)N(C)C(=O)C3CCC(=O)N43)CC2)cc1. The molecule has 3 amide bonds. The number of rotatable bonds is 3. The molecule has 5 rings (SSSR count). The zero-order chi connectivity index (χ0) is 22.4. The Balaban J connectivity index is 1.31. The molecule has 0 N–H and O–H groups in total. The molecule has 166 valence electrons. The molecule has 2 aromatic rings. The van der Waals surface area contributed by atoms with Crippen LogP contribution in [0.3, 0.4) is 0 Å². The maximum atomic E-state index is 13.2. The van der Waals surface area contributed by atoms with Gasteiger partial charge in [0.15, 0.2) is 0 Å². The molecular weight excluding hydrogens is 408 g/mol. The van der Waals surface area contributed by atoms with Gasteiger partial charge in [0.25, 0.3) is 5.91 Å². The van der Waals surface area contributed by atoms with E-state index in [4.69, 9.17) is 4.74 Å². The van der Waals surface area contributed by atoms with E-state index >= 15 is 0 Å². The lowest BCUT2D eigenvalue weighted by atomic mass is 10.0. The molecule has 2 saturated heterocycles. The Kier molecular flexibility index (Phi) is 5.00. The summed E-state index contributed by atoms with van der Waals surface area (Å²) in [7, 11) is 3.36. The number of ether oxygens (including phenoxy) is 1. The third-order valence-electron chi connectivity index (χ3n) is 6.68. The van der Waals surface area contributed by atoms with Gasteiger partial charge in [-0.2, -0.15) is 0 Å². The molecule has 32 heavy (non-hydrogen) atoms. The van der Waals surface area contributed by atoms with E-state index in [2.05, 4.69) is 4.90 Å². The minimum absolute atomic E-state index is 0.0357. The van der Waals surface area contributed by atoms with E-state index in [1.54, 1.807) is 42.2 Å². The first-order valence-corrected chi connectivity index (χ1v) is 10.9. The summed E-state index contributed by atoms with van der Waals surface area (Å²) in [6.45, 7) is 2.71. The molecule has 0 radical (unpaired) electrons. The standard InChI is InChI=1S/C24H26N4O4/c1-25-21-15-16(3-8-19(21)28-20(24(25)31)9-10-22(28)29)23(30)27-13-11-26(12-14-27)17-4-6-18(32-2)7-5-17/h3-8,15,20H,9-14H2,1-2H3. The van der Waals surface area contributed by atoms with Crippen LogP contribution in [0.5, 0.6) is 5.75 Å². The minimum Gasteiger partial charge on any atom is -0.497 e. The average Bonchev–Trinajstić information content (AvgIpc) is 3.23. The van der Waals surface area contributed by atoms with Gasteiger partial charge in [0.1, 0.15) is 11.8 Å². The summed E-state index contributed by atoms with van der Waals surface area (Å²) < 4.78 is 5.22. The fraction of sp³-hybridized carbons (Fsp3) is 0.375. The van der Waals surface area contributed by atoms with Gasteiger partial charge in [-0.3, -0.25) is 19.3 Å². The number of carbonyl (C=O) groups excluding carboxylic acids is 3. The van der Waals surface area contributed by atoms with Crippen molar-refractivity contribution in [2.24, 2.45) is 0 Å². The highest BCUT2D eigenvalue weighted by Gasteiger charge is 2.44. The molecule has 8 nitrogen and oxygen atoms in total. The number of nitrogens with zero attached hydrogens (tertiary/aromatic N) is 4. The van der Waals surface area contributed by atoms with E-state index in [1.165, 1.54) is 0 Å². The molecule has 0 aliphatic carbocycles. The van der Waals surface area contributed by atoms with Gasteiger partial charge in [0.2, 0.25) is 11.8 Å². The average molecular weight is 434 g/mol. The monoisotopic (exact) mass is 434 g/mol. The number of fused-ring (bicyclic) bond motifs is 3. The van der Waals surface area contributed by atoms with Crippen molar-refractivity contribution in [3.8, 4) is 5.75 Å². The Labute approximate surface area is 186 Å². The Morgan fingerprint density at radius 2 is 1.69 bits per heavy atom. The Hall–Kier alpha value is -3.55. The smallest absolute Gasteiger partial charge is 0.254 e. The highest BCUT2D eigenvalue weighted by atomic mass is 16.5. The Bertz CT molecular complexity index is 1080. The minimum atomic E-state index is -0.424. The van der Waals surface area contributed by atoms with Crippen molar-refractivity contribution in [1.29, 1.82) is 0 Å². The number of piperazine rings is 1. The van der Waals surface area contributed by atoms with Crippen LogP contribution in [0.25, 0.3) is 0 Å². The van der Waals surface area contributed by atoms with E-state index in [0.29, 0.717) is 42.9 Å². The van der Waals surface area contributed by atoms with Crippen molar-refractivity contribution in [2.45, 2.75) is 18.9 Å². The molecule has 3 aliphatic heterocycles. The second-order valence-corrected chi connectivity index (χ2v) is 8.40. The van der Waals surface area contributed by atoms with E-state index < -0.39 is 6.04 Å². The largest absolute Gasteiger partial charge is 0.497 e. The lowest BCUT2D eigenvalue weighted by molar-refractivity contribution is -0.122. The number of hydrogen-bond acceptors (Lipinski definition) is 5. The van der Waals surface area contributed by atoms with Gasteiger partial charge in [-0.1, -0.05) is 0 Å². The quantitative estimate of drug-likeness (QED) is 0.740. The number of hydrogen-bond donors (Lipinski definition) is 0. The van der Waals surface area contributed by atoms with Gasteiger partial charge in [-0.05, 0) is 48.9 Å². The summed E-state index contributed by atoms with van der Waals surface area (Å²) in [5.74, 6) is 0.630. The van der Waals surface area contributed by atoms with Crippen molar-refractivity contribution in [1.82, 2.24) is 4.90 Å². The molecule has 0 bridgehead atoms. The lowest BCUT2D eigenvalue weighted by Crippen LogP contribution is -2.50. The summed E-state index contributed by atoms with van der Waals surface area (Å²) in [6.07, 6.45) is 0.920. The maximum absolute atomic E-state index is 13.2. The molecular formula is C24H26N4O4. The van der Waals surface area contributed by atoms with E-state index in [1.807, 2.05) is 29.2 Å². The summed E-state index contributed by atoms with van der Waals surface area (Å²) in [5.41, 5.74) is 2.97. The molecule has 3 aliphatic rings. The van der Waals surface area contributed by atoms with Crippen LogP contribution in [0.15, 0.2) is 42.5 Å². The van der Waals surface area contributed by atoms with Crippen LogP contribution in [-0.2, 0) is 9.59 Å². The van der Waals surface area contributed by atoms with Crippen LogP contribution in [0.4, 0.5) is 17.1 Å². The first kappa shape index (κ1) is 20.4. The van der Waals surface area contributed by atoms with Crippen molar-refractivity contribution in [2.75, 3.05) is 55.0 Å². The molecule has 1 atom stereocenters. The van der Waals surface area contributed by atoms with Gasteiger partial charge in [0.05, 0.1) is 18.5 Å². The first-order chi connectivity index (χ1) is 15.5. The van der Waals surface area contributed by atoms with Gasteiger partial charge in [-0.15, -0.1) is 0 Å². The second kappa shape index (κ2) is 7.85. The zero-order valence-corrected chi connectivity index (χ0v) is 18.3. The predicted octanol–water partition coefficient (Wildman–Crippen LogP) is 2.13. The van der Waals surface area contributed by atoms with Crippen LogP contribution in [0.2, 0.25) is 0 Å². The third-order valence-corrected chi connectivity index (χ3v) is 6.68. The first-order valence-electron chi connectivity index (χ1n) is 10.9. The third kappa shape index (κ3) is 3.26. The van der Waals surface area contributed by atoms with Gasteiger partial charge < -0.3 is 19.4 Å². The molecule has 2 fully saturated rings. The van der Waals surface area contributed by atoms with Crippen molar-refractivity contribution in [3.05, 3.63) is 48.0 Å². The predicted molar refractivity (Wildman–Crippen MR) is 121 cm³/mol. The Morgan fingerprint density at radius 1 is 0.969 bits per heavy atom. The maximum Gasteiger partial charge on any atom is 0.254 e. The molecule has 3 heterocycles. The summed E-state index contributed by atoms with van der Waals surface area (Å²) in [4.78, 5) is 45.5. The number of carbonyl (C=O) groups is 3. The van der Waals surface area contributed by atoms with E-state index in [0.717, 1.165) is 24.5 Å². The van der Waals surface area contributed by atoms with E-state index in [9.17, 15) is 14.4 Å². The van der Waals surface area contributed by atoms with Crippen LogP contribution in [0, 0.1) is 0 Å². The summed E-state index contributed by atoms with van der Waals surface area (Å²) in [6, 6.07) is 12.8. The van der Waals surface area contributed by atoms with Crippen LogP contribution < -0.4 is 19.4 Å². The number of anilines is 3. The normalized spacial score (nSPS) is 20.4. The fourth-order valence-corrected chi connectivity index (χ4v) is 4.83. The number of methoxy groups -OCH3 is 1. The fourth-order valence-electron chi connectivity index (χ4n) is 4.83. The Morgan fingerprint density at radius 3 is 2.38 bits per heavy atom. The highest BCUT2D eigenvalue weighted by molar-refractivity contribution is 6.15. The molecule has 0 aromatic heterocycles. The summed E-state index contributed by atoms with van der Waals surface area (Å²) >= 11 is 0. The van der Waals surface area contributed by atoms with Gasteiger partial charge >= 0.3 is 0 Å². The lowest BCUT2D eigenvalue weighted by Gasteiger charge is -2.38. The number of likely N-dealkylation sites (N-methyl/N-ethyl adjacent to an activating group) is 1. The second-order valence-electron chi connectivity index (χ2n) is 8.40. The molecule has 1 unspecified atom stereocenters. The van der Waals surface area contributed by atoms with Crippen LogP contribution >= 0.6 is 0 Å². The van der Waals surface area contributed by atoms with Gasteiger partial charge in [0, 0.05) is 50.9 Å². The van der Waals surface area contributed by atoms with Crippen LogP contribution in [0.1, 0.15) is 23.2 Å². The highest BCUT2D eigenvalue weighted by Crippen LogP contribution is 2.40. The topological polar surface area (TPSA) is 73.4 Å². The van der Waals surface area contributed by atoms with E-state index in [-0.39, 0.29) is 17.7 Å². The van der Waals surface area contributed by atoms with Crippen LogP contribution in [-0.4, -0.2) is 69.0 Å². The molecule has 0 spiro atoms. The van der Waals surface area contributed by atoms with Crippen molar-refractivity contribution < 1.29 is 19.1 Å². The van der Waals surface area contributed by atoms with Gasteiger partial charge in [-0.25, -0.2) is 0 Å². The van der Waals surface area contributed by atoms with Crippen molar-refractivity contribution >= 4 is 34.8 Å². The number of amides is 3. The summed E-state index contributed by atoms with van der Waals surface area (Å²) in [5, 5.41) is 0. The number of benzene rings is 2.